The van der Waals surface area contributed by atoms with E-state index in [4.69, 9.17) is 23.2 Å². The highest BCUT2D eigenvalue weighted by atomic mass is 127. The first-order chi connectivity index (χ1) is 9.02. The van der Waals surface area contributed by atoms with E-state index in [2.05, 4.69) is 56.0 Å². The summed E-state index contributed by atoms with van der Waals surface area (Å²) in [5, 5.41) is 4.69. The van der Waals surface area contributed by atoms with E-state index in [0.29, 0.717) is 10.0 Å². The molecule has 0 amide bonds. The van der Waals surface area contributed by atoms with Gasteiger partial charge in [0, 0.05) is 18.1 Å². The first-order valence-corrected chi connectivity index (χ1v) is 8.23. The van der Waals surface area contributed by atoms with E-state index in [1.54, 1.807) is 6.07 Å². The molecular formula is C14H11BrCl2IN. The van der Waals surface area contributed by atoms with Crippen LogP contribution in [0, 0.1) is 3.57 Å². The lowest BCUT2D eigenvalue weighted by Gasteiger charge is -2.20. The highest BCUT2D eigenvalue weighted by molar-refractivity contribution is 14.1. The number of halogens is 4. The molecule has 0 aliphatic carbocycles. The molecule has 0 radical (unpaired) electrons. The monoisotopic (exact) mass is 469 g/mol. The Kier molecular flexibility index (Phi) is 5.55. The van der Waals surface area contributed by atoms with Crippen molar-refractivity contribution >= 4 is 61.7 Å². The summed E-state index contributed by atoms with van der Waals surface area (Å²) in [6, 6.07) is 11.7. The minimum atomic E-state index is 0.00981. The summed E-state index contributed by atoms with van der Waals surface area (Å²) >= 11 is 18.2. The van der Waals surface area contributed by atoms with Crippen molar-refractivity contribution in [2.24, 2.45) is 0 Å². The summed E-state index contributed by atoms with van der Waals surface area (Å²) in [5.74, 6) is 0. The number of rotatable bonds is 3. The second kappa shape index (κ2) is 6.76. The van der Waals surface area contributed by atoms with Crippen molar-refractivity contribution in [3.8, 4) is 0 Å². The Labute approximate surface area is 145 Å². The fraction of sp³-hybridized carbons (Fsp3) is 0.143. The van der Waals surface area contributed by atoms with Crippen LogP contribution in [0.4, 0.5) is 0 Å². The molecule has 1 atom stereocenters. The smallest absolute Gasteiger partial charge is 0.0600 e. The molecule has 100 valence electrons. The Morgan fingerprint density at radius 2 is 1.84 bits per heavy atom. The van der Waals surface area contributed by atoms with Gasteiger partial charge in [0.2, 0.25) is 0 Å². The Bertz CT molecular complexity index is 552. The third-order valence-electron chi connectivity index (χ3n) is 2.83. The minimum absolute atomic E-state index is 0.00981. The predicted molar refractivity (Wildman–Crippen MR) is 94.2 cm³/mol. The minimum Gasteiger partial charge on any atom is -0.309 e. The topological polar surface area (TPSA) is 12.0 Å². The normalized spacial score (nSPS) is 12.5. The van der Waals surface area contributed by atoms with Gasteiger partial charge in [-0.05, 0) is 77.2 Å². The van der Waals surface area contributed by atoms with Crippen molar-refractivity contribution in [2.75, 3.05) is 7.05 Å². The predicted octanol–water partition coefficient (Wildman–Crippen LogP) is 5.67. The lowest BCUT2D eigenvalue weighted by Crippen LogP contribution is -2.19. The maximum atomic E-state index is 6.30. The molecule has 0 heterocycles. The van der Waals surface area contributed by atoms with Gasteiger partial charge in [0.25, 0.3) is 0 Å². The van der Waals surface area contributed by atoms with E-state index < -0.39 is 0 Å². The molecule has 1 nitrogen and oxygen atoms in total. The quantitative estimate of drug-likeness (QED) is 0.570. The molecule has 0 aliphatic heterocycles. The van der Waals surface area contributed by atoms with Crippen molar-refractivity contribution in [1.29, 1.82) is 0 Å². The van der Waals surface area contributed by atoms with Gasteiger partial charge >= 0.3 is 0 Å². The van der Waals surface area contributed by atoms with Gasteiger partial charge in [0.05, 0.1) is 6.04 Å². The molecule has 2 aromatic rings. The van der Waals surface area contributed by atoms with Crippen LogP contribution >= 0.6 is 61.7 Å². The summed E-state index contributed by atoms with van der Waals surface area (Å²) in [6.07, 6.45) is 0. The number of hydrogen-bond donors (Lipinski definition) is 1. The van der Waals surface area contributed by atoms with Gasteiger partial charge in [0.1, 0.15) is 0 Å². The molecule has 0 aromatic heterocycles. The van der Waals surface area contributed by atoms with Crippen LogP contribution in [-0.2, 0) is 0 Å². The van der Waals surface area contributed by atoms with Crippen molar-refractivity contribution in [1.82, 2.24) is 5.32 Å². The van der Waals surface area contributed by atoms with Crippen LogP contribution in [0.2, 0.25) is 10.0 Å². The Balaban J connectivity index is 2.55. The van der Waals surface area contributed by atoms with Crippen LogP contribution in [0.5, 0.6) is 0 Å². The lowest BCUT2D eigenvalue weighted by molar-refractivity contribution is 0.688. The highest BCUT2D eigenvalue weighted by Crippen LogP contribution is 2.33. The zero-order valence-corrected chi connectivity index (χ0v) is 15.3. The van der Waals surface area contributed by atoms with E-state index in [9.17, 15) is 0 Å². The van der Waals surface area contributed by atoms with E-state index in [1.807, 2.05) is 25.2 Å². The molecule has 2 rings (SSSR count). The van der Waals surface area contributed by atoms with Crippen LogP contribution in [-0.4, -0.2) is 7.05 Å². The standard InChI is InChI=1S/C14H11BrCl2IN/c1-19-14(10-7-9(16)3-4-12(10)17)11-6-8(15)2-5-13(11)18/h2-7,14,19H,1H3. The fourth-order valence-corrected chi connectivity index (χ4v) is 3.38. The van der Waals surface area contributed by atoms with Crippen LogP contribution in [0.3, 0.4) is 0 Å². The summed E-state index contributed by atoms with van der Waals surface area (Å²) < 4.78 is 2.22. The molecule has 0 spiro atoms. The van der Waals surface area contributed by atoms with Crippen LogP contribution in [0.15, 0.2) is 40.9 Å². The average molecular weight is 471 g/mol. The highest BCUT2D eigenvalue weighted by Gasteiger charge is 2.18. The Hall–Kier alpha value is 0.190. The number of hydrogen-bond acceptors (Lipinski definition) is 1. The molecular weight excluding hydrogens is 460 g/mol. The molecule has 0 saturated carbocycles. The Morgan fingerprint density at radius 3 is 2.53 bits per heavy atom. The van der Waals surface area contributed by atoms with Crippen molar-refractivity contribution in [3.63, 3.8) is 0 Å². The number of nitrogens with one attached hydrogen (secondary N) is 1. The molecule has 0 fully saturated rings. The summed E-state index contributed by atoms with van der Waals surface area (Å²) in [5.41, 5.74) is 2.15. The summed E-state index contributed by atoms with van der Waals surface area (Å²) in [7, 11) is 1.92. The molecule has 0 saturated heterocycles. The van der Waals surface area contributed by atoms with Gasteiger partial charge in [0.15, 0.2) is 0 Å². The molecule has 5 heteroatoms. The largest absolute Gasteiger partial charge is 0.309 e. The first kappa shape index (κ1) is 15.6. The van der Waals surface area contributed by atoms with Gasteiger partial charge in [-0.15, -0.1) is 0 Å². The molecule has 19 heavy (non-hydrogen) atoms. The molecule has 2 aromatic carbocycles. The van der Waals surface area contributed by atoms with Gasteiger partial charge in [-0.25, -0.2) is 0 Å². The molecule has 1 unspecified atom stereocenters. The fourth-order valence-electron chi connectivity index (χ4n) is 1.95. The summed E-state index contributed by atoms with van der Waals surface area (Å²) in [6.45, 7) is 0. The molecule has 0 aliphatic rings. The van der Waals surface area contributed by atoms with E-state index in [0.717, 1.165) is 10.0 Å². The van der Waals surface area contributed by atoms with Crippen LogP contribution < -0.4 is 5.32 Å². The second-order valence-corrected chi connectivity index (χ2v) is 6.97. The third-order valence-corrected chi connectivity index (χ3v) is 4.88. The van der Waals surface area contributed by atoms with Gasteiger partial charge in [-0.1, -0.05) is 39.1 Å². The Morgan fingerprint density at radius 1 is 1.11 bits per heavy atom. The molecule has 0 bridgehead atoms. The van der Waals surface area contributed by atoms with E-state index >= 15 is 0 Å². The van der Waals surface area contributed by atoms with Crippen molar-refractivity contribution in [2.45, 2.75) is 6.04 Å². The zero-order valence-electron chi connectivity index (χ0n) is 10.1. The zero-order chi connectivity index (χ0) is 14.0. The molecule has 1 N–H and O–H groups in total. The number of benzene rings is 2. The van der Waals surface area contributed by atoms with Crippen LogP contribution in [0.1, 0.15) is 17.2 Å². The maximum absolute atomic E-state index is 6.30. The van der Waals surface area contributed by atoms with Gasteiger partial charge < -0.3 is 5.32 Å². The third kappa shape index (κ3) is 3.64. The van der Waals surface area contributed by atoms with Gasteiger partial charge in [-0.2, -0.15) is 0 Å². The van der Waals surface area contributed by atoms with Gasteiger partial charge in [-0.3, -0.25) is 0 Å². The van der Waals surface area contributed by atoms with Crippen LogP contribution in [0.25, 0.3) is 0 Å². The van der Waals surface area contributed by atoms with E-state index in [-0.39, 0.29) is 6.04 Å². The maximum Gasteiger partial charge on any atom is 0.0600 e. The van der Waals surface area contributed by atoms with Crippen molar-refractivity contribution < 1.29 is 0 Å². The lowest BCUT2D eigenvalue weighted by atomic mass is 9.99. The second-order valence-electron chi connectivity index (χ2n) is 4.05. The van der Waals surface area contributed by atoms with E-state index in [1.165, 1.54) is 9.13 Å². The van der Waals surface area contributed by atoms with Crippen molar-refractivity contribution in [3.05, 3.63) is 65.6 Å². The SMILES string of the molecule is CNC(c1cc(Cl)ccc1Cl)c1cc(Br)ccc1I. The summed E-state index contributed by atoms with van der Waals surface area (Å²) in [4.78, 5) is 0. The average Bonchev–Trinajstić information content (AvgIpc) is 2.38. The first-order valence-electron chi connectivity index (χ1n) is 5.60.